The molecule has 0 radical (unpaired) electrons. The molecule has 0 spiro atoms. The minimum absolute atomic E-state index is 0.152. The average Bonchev–Trinajstić information content (AvgIpc) is 3.27. The molecule has 1 heterocycles. The number of aliphatic imine (C=N–C) groups is 1. The van der Waals surface area contributed by atoms with Crippen LogP contribution in [0.15, 0.2) is 52.6 Å². The van der Waals surface area contributed by atoms with E-state index in [0.29, 0.717) is 12.4 Å². The van der Waals surface area contributed by atoms with Crippen LogP contribution in [0.5, 0.6) is 0 Å². The number of halogens is 3. The van der Waals surface area contributed by atoms with Crippen LogP contribution < -0.4 is 21.9 Å². The first-order chi connectivity index (χ1) is 20.3. The van der Waals surface area contributed by atoms with Crippen LogP contribution in [0.25, 0.3) is 0 Å². The van der Waals surface area contributed by atoms with E-state index in [-0.39, 0.29) is 18.4 Å². The Morgan fingerprint density at radius 1 is 1.19 bits per heavy atom. The molecule has 0 fully saturated rings. The molecule has 1 aromatic rings. The summed E-state index contributed by atoms with van der Waals surface area (Å²) in [7, 11) is 1.69. The van der Waals surface area contributed by atoms with Crippen molar-refractivity contribution in [3.05, 3.63) is 64.3 Å². The van der Waals surface area contributed by atoms with Crippen molar-refractivity contribution >= 4 is 17.6 Å². The number of anilines is 1. The number of allylic oxidation sites excluding steroid dienone is 6. The lowest BCUT2D eigenvalue weighted by Gasteiger charge is -2.28. The standard InChI is InChI=1S/C23H38N6O2.C9H9F3/c1-16(13-22(30)31)10-12-29-11-4-7-20(26-23(24)27-28(2)25)9-8-19-14-17-5-3-6-18(17)15-21(19)29;1-7-4-2-3-5-8(6-7)9(10,11)12/h14-16,20H,3-13,25H2,1-2H3,(H,30,31)(H3,24,26,27);2-3,5-6H,4H2,1H3. The summed E-state index contributed by atoms with van der Waals surface area (Å²) in [6.07, 6.45) is 10.4. The molecule has 4 rings (SSSR count). The number of fused-ring (bicyclic) bond motifs is 2. The number of hydrogen-bond acceptors (Lipinski definition) is 5. The molecule has 43 heavy (non-hydrogen) atoms. The zero-order valence-electron chi connectivity index (χ0n) is 25.6. The van der Waals surface area contributed by atoms with Crippen molar-refractivity contribution in [2.45, 2.75) is 90.3 Å². The van der Waals surface area contributed by atoms with Crippen LogP contribution in [0.4, 0.5) is 18.9 Å². The first kappa shape index (κ1) is 34.2. The molecule has 0 bridgehead atoms. The fraction of sp³-hybridized carbons (Fsp3) is 0.562. The zero-order valence-corrected chi connectivity index (χ0v) is 25.6. The Kier molecular flexibility index (Phi) is 12.7. The largest absolute Gasteiger partial charge is 0.481 e. The number of hydrogen-bond donors (Lipinski definition) is 4. The van der Waals surface area contributed by atoms with Gasteiger partial charge in [-0.3, -0.25) is 16.1 Å². The molecule has 2 unspecified atom stereocenters. The summed E-state index contributed by atoms with van der Waals surface area (Å²) >= 11 is 0. The van der Waals surface area contributed by atoms with E-state index in [9.17, 15) is 18.0 Å². The first-order valence-electron chi connectivity index (χ1n) is 15.1. The lowest BCUT2D eigenvalue weighted by Crippen LogP contribution is -2.48. The SMILES string of the molecule is CC(CCN1CCCC(N=C(N)NN(C)N)CCc2cc3c(cc21)CCC3)CC(=O)O.CC1=CC(C(F)(F)F)=CC=CC1. The van der Waals surface area contributed by atoms with Crippen molar-refractivity contribution in [3.63, 3.8) is 0 Å². The van der Waals surface area contributed by atoms with E-state index in [1.807, 2.05) is 6.92 Å². The second kappa shape index (κ2) is 16.0. The van der Waals surface area contributed by atoms with Gasteiger partial charge < -0.3 is 15.7 Å². The van der Waals surface area contributed by atoms with Gasteiger partial charge in [-0.1, -0.05) is 42.9 Å². The topological polar surface area (TPSA) is 120 Å². The minimum atomic E-state index is -4.23. The Bertz CT molecular complexity index is 1220. The van der Waals surface area contributed by atoms with Crippen molar-refractivity contribution in [3.8, 4) is 0 Å². The van der Waals surface area contributed by atoms with Crippen molar-refractivity contribution in [2.24, 2.45) is 22.5 Å². The Morgan fingerprint density at radius 2 is 1.91 bits per heavy atom. The van der Waals surface area contributed by atoms with Crippen molar-refractivity contribution in [1.82, 2.24) is 10.5 Å². The molecule has 0 saturated heterocycles. The Hall–Kier alpha value is -3.31. The van der Waals surface area contributed by atoms with Crippen molar-refractivity contribution < 1.29 is 23.1 Å². The number of nitrogens with two attached hydrogens (primary N) is 2. The second-order valence-corrected chi connectivity index (χ2v) is 11.9. The number of carbonyl (C=O) groups is 1. The molecule has 1 aromatic carbocycles. The third kappa shape index (κ3) is 11.4. The van der Waals surface area contributed by atoms with Crippen LogP contribution in [0.3, 0.4) is 0 Å². The van der Waals surface area contributed by atoms with Crippen LogP contribution >= 0.6 is 0 Å². The Morgan fingerprint density at radius 3 is 2.58 bits per heavy atom. The summed E-state index contributed by atoms with van der Waals surface area (Å²) in [6, 6.07) is 4.97. The molecule has 11 heteroatoms. The molecule has 1 aliphatic heterocycles. The molecular weight excluding hydrogens is 557 g/mol. The number of nitrogens with one attached hydrogen (secondary N) is 1. The zero-order chi connectivity index (χ0) is 31.6. The van der Waals surface area contributed by atoms with E-state index >= 15 is 0 Å². The normalized spacial score (nSPS) is 19.9. The smallest absolute Gasteiger partial charge is 0.416 e. The average molecular weight is 605 g/mol. The number of aliphatic carboxylic acids is 1. The van der Waals surface area contributed by atoms with Crippen LogP contribution in [0.1, 0.15) is 75.5 Å². The number of hydrazine groups is 2. The highest BCUT2D eigenvalue weighted by atomic mass is 19.4. The molecule has 0 aromatic heterocycles. The predicted molar refractivity (Wildman–Crippen MR) is 166 cm³/mol. The molecule has 2 aliphatic carbocycles. The third-order valence-electron chi connectivity index (χ3n) is 7.95. The number of benzene rings is 1. The monoisotopic (exact) mass is 604 g/mol. The summed E-state index contributed by atoms with van der Waals surface area (Å²) in [6.45, 7) is 5.55. The van der Waals surface area contributed by atoms with Crippen molar-refractivity contribution in [2.75, 3.05) is 25.0 Å². The van der Waals surface area contributed by atoms with Crippen LogP contribution in [-0.2, 0) is 24.1 Å². The van der Waals surface area contributed by atoms with Gasteiger partial charge >= 0.3 is 12.1 Å². The van der Waals surface area contributed by atoms with Gasteiger partial charge in [0.25, 0.3) is 0 Å². The summed E-state index contributed by atoms with van der Waals surface area (Å²) in [5.41, 5.74) is 14.7. The summed E-state index contributed by atoms with van der Waals surface area (Å²) < 4.78 is 36.4. The molecule has 2 atom stereocenters. The quantitative estimate of drug-likeness (QED) is 0.139. The van der Waals surface area contributed by atoms with Crippen LogP contribution in [0, 0.1) is 5.92 Å². The molecule has 6 N–H and O–H groups in total. The number of rotatable bonds is 7. The van der Waals surface area contributed by atoms with Crippen LogP contribution in [0.2, 0.25) is 0 Å². The van der Waals surface area contributed by atoms with Gasteiger partial charge in [0.1, 0.15) is 0 Å². The molecule has 3 aliphatic rings. The summed E-state index contributed by atoms with van der Waals surface area (Å²) in [5, 5.41) is 10.4. The van der Waals surface area contributed by atoms with Gasteiger partial charge in [0, 0.05) is 32.2 Å². The lowest BCUT2D eigenvalue weighted by molar-refractivity contribution is -0.138. The fourth-order valence-electron chi connectivity index (χ4n) is 5.78. The van der Waals surface area contributed by atoms with Gasteiger partial charge in [-0.25, -0.2) is 4.99 Å². The van der Waals surface area contributed by atoms with Gasteiger partial charge in [0.2, 0.25) is 5.96 Å². The lowest BCUT2D eigenvalue weighted by atomic mass is 9.97. The summed E-state index contributed by atoms with van der Waals surface area (Å²) in [4.78, 5) is 18.2. The van der Waals surface area contributed by atoms with Crippen molar-refractivity contribution in [1.29, 1.82) is 0 Å². The first-order valence-corrected chi connectivity index (χ1v) is 15.1. The van der Waals surface area contributed by atoms with E-state index in [2.05, 4.69) is 27.5 Å². The summed E-state index contributed by atoms with van der Waals surface area (Å²) in [5.74, 6) is 5.42. The number of nitrogens with zero attached hydrogens (tertiary/aromatic N) is 3. The number of aryl methyl sites for hydroxylation is 3. The van der Waals surface area contributed by atoms with E-state index in [1.165, 1.54) is 52.5 Å². The maximum absolute atomic E-state index is 12.1. The molecule has 0 amide bonds. The molecule has 238 valence electrons. The maximum atomic E-state index is 12.1. The second-order valence-electron chi connectivity index (χ2n) is 11.9. The highest BCUT2D eigenvalue weighted by Crippen LogP contribution is 2.34. The fourth-order valence-corrected chi connectivity index (χ4v) is 5.78. The Labute approximate surface area is 253 Å². The molecule has 8 nitrogen and oxygen atoms in total. The number of alkyl halides is 3. The van der Waals surface area contributed by atoms with Gasteiger partial charge in [0.05, 0.1) is 11.6 Å². The van der Waals surface area contributed by atoms with Gasteiger partial charge in [-0.15, -0.1) is 0 Å². The number of guanidine groups is 1. The van der Waals surface area contributed by atoms with E-state index < -0.39 is 17.7 Å². The highest BCUT2D eigenvalue weighted by Gasteiger charge is 2.31. The van der Waals surface area contributed by atoms with E-state index in [0.717, 1.165) is 63.3 Å². The number of carboxylic acids is 1. The minimum Gasteiger partial charge on any atom is -0.481 e. The van der Waals surface area contributed by atoms with E-state index in [4.69, 9.17) is 16.7 Å². The van der Waals surface area contributed by atoms with E-state index in [1.54, 1.807) is 20.0 Å². The van der Waals surface area contributed by atoms with Crippen LogP contribution in [-0.4, -0.2) is 54.5 Å². The highest BCUT2D eigenvalue weighted by molar-refractivity contribution is 5.77. The van der Waals surface area contributed by atoms with Gasteiger partial charge in [-0.05, 0) is 93.4 Å². The molecule has 0 saturated carbocycles. The third-order valence-corrected chi connectivity index (χ3v) is 7.95. The van der Waals surface area contributed by atoms with Gasteiger partial charge in [-0.2, -0.15) is 18.3 Å². The Balaban J connectivity index is 0.000000353. The predicted octanol–water partition coefficient (Wildman–Crippen LogP) is 5.58. The molecular formula is C32H47F3N6O2. The maximum Gasteiger partial charge on any atom is 0.416 e. The van der Waals surface area contributed by atoms with Gasteiger partial charge in [0.15, 0.2) is 0 Å². The number of carboxylic acid groups (broad SMARTS) is 1.